The molecule has 7 heteroatoms. The van der Waals surface area contributed by atoms with Crippen molar-refractivity contribution in [1.82, 2.24) is 0 Å². The van der Waals surface area contributed by atoms with Gasteiger partial charge >= 0.3 is 5.97 Å². The maximum absolute atomic E-state index is 11.4. The summed E-state index contributed by atoms with van der Waals surface area (Å²) in [6.07, 6.45) is -0.768. The molecule has 0 saturated carbocycles. The smallest absolute Gasteiger partial charge is 0.338 e. The molecule has 0 amide bonds. The number of esters is 1. The summed E-state index contributed by atoms with van der Waals surface area (Å²) in [4.78, 5) is 11.1. The minimum atomic E-state index is -4.26. The predicted octanol–water partition coefficient (Wildman–Crippen LogP) is 0.471. The molecule has 17 heavy (non-hydrogen) atoms. The van der Waals surface area contributed by atoms with Crippen LogP contribution in [0.3, 0.4) is 0 Å². The summed E-state index contributed by atoms with van der Waals surface area (Å²) in [5.74, 6) is -0.673. The van der Waals surface area contributed by atoms with Gasteiger partial charge in [0.05, 0.1) is 16.6 Å². The van der Waals surface area contributed by atoms with Gasteiger partial charge in [0.15, 0.2) is 0 Å². The van der Waals surface area contributed by atoms with Crippen molar-refractivity contribution in [3.8, 4) is 0 Å². The molecule has 1 rings (SSSR count). The molecule has 94 valence electrons. The van der Waals surface area contributed by atoms with Gasteiger partial charge in [0, 0.05) is 0 Å². The topological polar surface area (TPSA) is 101 Å². The Kier molecular flexibility index (Phi) is 4.22. The molecule has 0 fully saturated rings. The van der Waals surface area contributed by atoms with Crippen molar-refractivity contribution in [2.75, 3.05) is 6.61 Å². The van der Waals surface area contributed by atoms with Crippen LogP contribution in [0, 0.1) is 0 Å². The summed E-state index contributed by atoms with van der Waals surface area (Å²) in [7, 11) is -4.26. The second-order valence-electron chi connectivity index (χ2n) is 3.45. The fourth-order valence-electron chi connectivity index (χ4n) is 1.04. The zero-order chi connectivity index (χ0) is 13.1. The summed E-state index contributed by atoms with van der Waals surface area (Å²) in [5, 5.41) is 8.91. The number of hydrogen-bond donors (Lipinski definition) is 2. The molecule has 0 heterocycles. The van der Waals surface area contributed by atoms with E-state index in [0.29, 0.717) is 0 Å². The molecule has 6 nitrogen and oxygen atoms in total. The third-order valence-corrected chi connectivity index (χ3v) is 2.71. The molecule has 1 aromatic rings. The Balaban J connectivity index is 2.78. The van der Waals surface area contributed by atoms with Crippen molar-refractivity contribution in [3.05, 3.63) is 29.8 Å². The minimum absolute atomic E-state index is 0.137. The van der Waals surface area contributed by atoms with E-state index in [1.54, 1.807) is 0 Å². The van der Waals surface area contributed by atoms with Crippen LogP contribution in [-0.2, 0) is 14.9 Å². The van der Waals surface area contributed by atoms with Crippen LogP contribution in [0.5, 0.6) is 0 Å². The van der Waals surface area contributed by atoms with Crippen LogP contribution >= 0.6 is 0 Å². The molecule has 1 aromatic carbocycles. The first-order valence-electron chi connectivity index (χ1n) is 4.73. The normalized spacial score (nSPS) is 13.1. The van der Waals surface area contributed by atoms with E-state index < -0.39 is 22.2 Å². The highest BCUT2D eigenvalue weighted by atomic mass is 32.2. The van der Waals surface area contributed by atoms with Crippen LogP contribution in [0.15, 0.2) is 29.2 Å². The van der Waals surface area contributed by atoms with Gasteiger partial charge in [0.25, 0.3) is 10.1 Å². The van der Waals surface area contributed by atoms with Crippen molar-refractivity contribution in [1.29, 1.82) is 0 Å². The fourth-order valence-corrected chi connectivity index (χ4v) is 1.52. The van der Waals surface area contributed by atoms with Gasteiger partial charge in [-0.3, -0.25) is 4.55 Å². The van der Waals surface area contributed by atoms with E-state index in [1.807, 2.05) is 0 Å². The molecule has 1 unspecified atom stereocenters. The van der Waals surface area contributed by atoms with Crippen LogP contribution in [0.25, 0.3) is 0 Å². The summed E-state index contributed by atoms with van der Waals surface area (Å²) in [6, 6.07) is 4.61. The van der Waals surface area contributed by atoms with Gasteiger partial charge in [0.1, 0.15) is 6.61 Å². The maximum Gasteiger partial charge on any atom is 0.338 e. The first-order chi connectivity index (χ1) is 7.80. The number of carbonyl (C=O) groups excluding carboxylic acids is 1. The van der Waals surface area contributed by atoms with Gasteiger partial charge in [-0.15, -0.1) is 0 Å². The quantitative estimate of drug-likeness (QED) is 0.603. The van der Waals surface area contributed by atoms with Crippen LogP contribution < -0.4 is 0 Å². The summed E-state index contributed by atoms with van der Waals surface area (Å²) >= 11 is 0. The van der Waals surface area contributed by atoms with E-state index >= 15 is 0 Å². The van der Waals surface area contributed by atoms with Crippen molar-refractivity contribution in [3.63, 3.8) is 0 Å². The van der Waals surface area contributed by atoms with E-state index in [0.717, 1.165) is 12.1 Å². The monoisotopic (exact) mass is 260 g/mol. The van der Waals surface area contributed by atoms with Crippen LogP contribution in [-0.4, -0.2) is 36.8 Å². The minimum Gasteiger partial charge on any atom is -0.459 e. The molecule has 0 aliphatic heterocycles. The molecule has 0 radical (unpaired) electrons. The fraction of sp³-hybridized carbons (Fsp3) is 0.300. The number of carbonyl (C=O) groups is 1. The molecule has 0 saturated heterocycles. The summed E-state index contributed by atoms with van der Waals surface area (Å²) in [5.41, 5.74) is 0.137. The van der Waals surface area contributed by atoms with Gasteiger partial charge in [-0.05, 0) is 31.2 Å². The maximum atomic E-state index is 11.4. The molecule has 0 spiro atoms. The number of rotatable bonds is 4. The van der Waals surface area contributed by atoms with E-state index in [-0.39, 0.29) is 17.1 Å². The van der Waals surface area contributed by atoms with E-state index in [1.165, 1.54) is 19.1 Å². The van der Waals surface area contributed by atoms with Crippen molar-refractivity contribution < 1.29 is 27.6 Å². The molecular formula is C10H12O6S. The van der Waals surface area contributed by atoms with Gasteiger partial charge in [-0.25, -0.2) is 4.79 Å². The SMILES string of the molecule is CC(O)COC(=O)c1ccc(S(=O)(=O)O)cc1. The standard InChI is InChI=1S/C10H12O6S/c1-7(11)6-16-10(12)8-2-4-9(5-3-8)17(13,14)15/h2-5,7,11H,6H2,1H3,(H,13,14,15). The Morgan fingerprint density at radius 3 is 2.29 bits per heavy atom. The third-order valence-electron chi connectivity index (χ3n) is 1.84. The first kappa shape index (κ1) is 13.6. The van der Waals surface area contributed by atoms with Gasteiger partial charge < -0.3 is 9.84 Å². The Hall–Kier alpha value is -1.44. The second kappa shape index (κ2) is 5.26. The highest BCUT2D eigenvalue weighted by Gasteiger charge is 2.12. The van der Waals surface area contributed by atoms with Crippen molar-refractivity contribution >= 4 is 16.1 Å². The van der Waals surface area contributed by atoms with Crippen molar-refractivity contribution in [2.24, 2.45) is 0 Å². The Morgan fingerprint density at radius 1 is 1.35 bits per heavy atom. The highest BCUT2D eigenvalue weighted by Crippen LogP contribution is 2.11. The largest absolute Gasteiger partial charge is 0.459 e. The lowest BCUT2D eigenvalue weighted by atomic mass is 10.2. The lowest BCUT2D eigenvalue weighted by Gasteiger charge is -2.06. The molecule has 0 aromatic heterocycles. The van der Waals surface area contributed by atoms with Crippen LogP contribution in [0.4, 0.5) is 0 Å². The Bertz CT molecular complexity index is 488. The molecule has 2 N–H and O–H groups in total. The zero-order valence-corrected chi connectivity index (χ0v) is 9.85. The Morgan fingerprint density at radius 2 is 1.88 bits per heavy atom. The predicted molar refractivity (Wildman–Crippen MR) is 58.2 cm³/mol. The number of benzene rings is 1. The van der Waals surface area contributed by atoms with Gasteiger partial charge in [0.2, 0.25) is 0 Å². The summed E-state index contributed by atoms with van der Waals surface area (Å²) in [6.45, 7) is 1.33. The lowest BCUT2D eigenvalue weighted by molar-refractivity contribution is 0.0296. The van der Waals surface area contributed by atoms with E-state index in [4.69, 9.17) is 14.4 Å². The van der Waals surface area contributed by atoms with Gasteiger partial charge in [-0.1, -0.05) is 0 Å². The molecular weight excluding hydrogens is 248 g/mol. The molecule has 1 atom stereocenters. The number of aliphatic hydroxyl groups excluding tert-OH is 1. The highest BCUT2D eigenvalue weighted by molar-refractivity contribution is 7.85. The van der Waals surface area contributed by atoms with Crippen LogP contribution in [0.2, 0.25) is 0 Å². The van der Waals surface area contributed by atoms with Crippen molar-refractivity contribution in [2.45, 2.75) is 17.9 Å². The third kappa shape index (κ3) is 4.14. The molecule has 0 aliphatic rings. The Labute approximate surface area is 98.6 Å². The van der Waals surface area contributed by atoms with E-state index in [2.05, 4.69) is 0 Å². The lowest BCUT2D eigenvalue weighted by Crippen LogP contribution is -2.15. The second-order valence-corrected chi connectivity index (χ2v) is 4.87. The average molecular weight is 260 g/mol. The average Bonchev–Trinajstić information content (AvgIpc) is 2.25. The van der Waals surface area contributed by atoms with E-state index in [9.17, 15) is 13.2 Å². The molecule has 0 aliphatic carbocycles. The van der Waals surface area contributed by atoms with Gasteiger partial charge in [-0.2, -0.15) is 8.42 Å². The molecule has 0 bridgehead atoms. The number of aliphatic hydroxyl groups is 1. The zero-order valence-electron chi connectivity index (χ0n) is 9.03. The summed E-state index contributed by atoms with van der Waals surface area (Å²) < 4.78 is 34.9. The number of hydrogen-bond acceptors (Lipinski definition) is 5. The first-order valence-corrected chi connectivity index (χ1v) is 6.17. The van der Waals surface area contributed by atoms with Crippen LogP contribution in [0.1, 0.15) is 17.3 Å². The number of ether oxygens (including phenoxy) is 1.